The number of carbonyl (C=O) groups is 1. The second kappa shape index (κ2) is 9.55. The van der Waals surface area contributed by atoms with E-state index in [1.807, 2.05) is 0 Å². The van der Waals surface area contributed by atoms with Crippen molar-refractivity contribution in [1.82, 2.24) is 15.5 Å². The van der Waals surface area contributed by atoms with Crippen LogP contribution < -0.4 is 15.4 Å². The molecule has 25 heavy (non-hydrogen) atoms. The summed E-state index contributed by atoms with van der Waals surface area (Å²) in [4.78, 5) is 17.2. The van der Waals surface area contributed by atoms with Crippen molar-refractivity contribution in [1.29, 1.82) is 0 Å². The van der Waals surface area contributed by atoms with E-state index < -0.39 is 6.36 Å². The molecule has 138 valence electrons. The Morgan fingerprint density at radius 2 is 2.00 bits per heavy atom. The van der Waals surface area contributed by atoms with Crippen LogP contribution in [-0.4, -0.2) is 50.3 Å². The molecule has 1 aromatic carbocycles. The van der Waals surface area contributed by atoms with E-state index in [4.69, 9.17) is 0 Å². The molecule has 1 amide bonds. The number of likely N-dealkylation sites (N-methyl/N-ethyl adjacent to an activating group) is 1. The van der Waals surface area contributed by atoms with Gasteiger partial charge in [-0.05, 0) is 6.07 Å². The maximum absolute atomic E-state index is 12.4. The minimum absolute atomic E-state index is 0.00330. The van der Waals surface area contributed by atoms with Crippen LogP contribution in [0.5, 0.6) is 5.75 Å². The van der Waals surface area contributed by atoms with Gasteiger partial charge in [0.15, 0.2) is 5.96 Å². The van der Waals surface area contributed by atoms with Crippen LogP contribution in [0.3, 0.4) is 0 Å². The largest absolute Gasteiger partial charge is 0.573 e. The fourth-order valence-corrected chi connectivity index (χ4v) is 1.68. The summed E-state index contributed by atoms with van der Waals surface area (Å²) in [6.07, 6.45) is -3.19. The van der Waals surface area contributed by atoms with Crippen molar-refractivity contribution in [3.8, 4) is 5.75 Å². The summed E-state index contributed by atoms with van der Waals surface area (Å²) in [5, 5.41) is 5.70. The Morgan fingerprint density at radius 3 is 2.60 bits per heavy atom. The van der Waals surface area contributed by atoms with Crippen molar-refractivity contribution in [2.45, 2.75) is 12.9 Å². The molecule has 0 unspecified atom stereocenters. The second-order valence-electron chi connectivity index (χ2n) is 5.13. The van der Waals surface area contributed by atoms with Crippen LogP contribution >= 0.6 is 0 Å². The maximum atomic E-state index is 12.4. The number of nitrogens with zero attached hydrogens (tertiary/aromatic N) is 2. The molecule has 0 radical (unpaired) electrons. The summed E-state index contributed by atoms with van der Waals surface area (Å²) in [6, 6.07) is 5.74. The van der Waals surface area contributed by atoms with Crippen molar-refractivity contribution < 1.29 is 22.7 Å². The number of aliphatic imine (C=N–C) groups is 1. The summed E-state index contributed by atoms with van der Waals surface area (Å²) in [6.45, 7) is 3.88. The third kappa shape index (κ3) is 8.09. The van der Waals surface area contributed by atoms with Gasteiger partial charge in [-0.3, -0.25) is 4.79 Å². The molecule has 0 atom stereocenters. The summed E-state index contributed by atoms with van der Waals surface area (Å²) >= 11 is 0. The summed E-state index contributed by atoms with van der Waals surface area (Å²) in [7, 11) is 3.23. The highest BCUT2D eigenvalue weighted by molar-refractivity contribution is 5.86. The zero-order chi connectivity index (χ0) is 18.9. The Morgan fingerprint density at radius 1 is 1.32 bits per heavy atom. The number of hydrogen-bond acceptors (Lipinski definition) is 3. The molecule has 0 saturated carbocycles. The number of rotatable bonds is 7. The van der Waals surface area contributed by atoms with E-state index in [2.05, 4.69) is 26.9 Å². The number of guanidine groups is 1. The van der Waals surface area contributed by atoms with E-state index in [0.29, 0.717) is 6.54 Å². The fraction of sp³-hybridized carbons (Fsp3) is 0.375. The lowest BCUT2D eigenvalue weighted by molar-refractivity contribution is -0.274. The highest BCUT2D eigenvalue weighted by atomic mass is 19.4. The summed E-state index contributed by atoms with van der Waals surface area (Å²) in [5.41, 5.74) is 0.262. The quantitative estimate of drug-likeness (QED) is 0.444. The minimum atomic E-state index is -4.78. The molecule has 9 heteroatoms. The minimum Gasteiger partial charge on any atom is -0.405 e. The number of para-hydroxylation sites is 1. The number of alkyl halides is 3. The molecule has 2 N–H and O–H groups in total. The molecule has 0 aliphatic heterocycles. The van der Waals surface area contributed by atoms with Gasteiger partial charge in [-0.15, -0.1) is 19.8 Å². The van der Waals surface area contributed by atoms with Crippen molar-refractivity contribution in [3.05, 3.63) is 42.5 Å². The number of halogens is 3. The lowest BCUT2D eigenvalue weighted by Gasteiger charge is -2.15. The highest BCUT2D eigenvalue weighted by Gasteiger charge is 2.31. The number of nitrogens with one attached hydrogen (secondary N) is 2. The number of amides is 1. The fourth-order valence-electron chi connectivity index (χ4n) is 1.68. The lowest BCUT2D eigenvalue weighted by Crippen LogP contribution is -2.43. The lowest BCUT2D eigenvalue weighted by atomic mass is 10.2. The monoisotopic (exact) mass is 358 g/mol. The molecule has 0 fully saturated rings. The third-order valence-corrected chi connectivity index (χ3v) is 2.93. The van der Waals surface area contributed by atoms with E-state index in [1.54, 1.807) is 26.2 Å². The average molecular weight is 358 g/mol. The zero-order valence-corrected chi connectivity index (χ0v) is 14.1. The van der Waals surface area contributed by atoms with Crippen molar-refractivity contribution >= 4 is 11.9 Å². The Kier molecular flexibility index (Phi) is 7.77. The normalized spacial score (nSPS) is 11.6. The van der Waals surface area contributed by atoms with Gasteiger partial charge in [-0.1, -0.05) is 24.3 Å². The van der Waals surface area contributed by atoms with Crippen molar-refractivity contribution in [3.63, 3.8) is 0 Å². The van der Waals surface area contributed by atoms with Crippen molar-refractivity contribution in [2.24, 2.45) is 4.99 Å². The van der Waals surface area contributed by atoms with Gasteiger partial charge in [0.2, 0.25) is 5.91 Å². The number of ether oxygens (including phenoxy) is 1. The van der Waals surface area contributed by atoms with Gasteiger partial charge in [-0.25, -0.2) is 4.99 Å². The van der Waals surface area contributed by atoms with E-state index >= 15 is 0 Å². The van der Waals surface area contributed by atoms with Gasteiger partial charge in [-0.2, -0.15) is 0 Å². The van der Waals surface area contributed by atoms with E-state index in [-0.39, 0.29) is 36.3 Å². The van der Waals surface area contributed by atoms with E-state index in [9.17, 15) is 18.0 Å². The van der Waals surface area contributed by atoms with Crippen LogP contribution in [0.4, 0.5) is 13.2 Å². The summed E-state index contributed by atoms with van der Waals surface area (Å²) in [5.74, 6) is -0.211. The Balaban J connectivity index is 2.85. The molecular formula is C16H21F3N4O2. The topological polar surface area (TPSA) is 66.0 Å². The van der Waals surface area contributed by atoms with Gasteiger partial charge in [0.1, 0.15) is 5.75 Å². The van der Waals surface area contributed by atoms with E-state index in [1.165, 1.54) is 23.1 Å². The molecule has 0 aliphatic rings. The zero-order valence-electron chi connectivity index (χ0n) is 14.1. The molecule has 0 saturated heterocycles. The first-order chi connectivity index (χ1) is 11.7. The van der Waals surface area contributed by atoms with Crippen LogP contribution in [0.1, 0.15) is 5.56 Å². The Bertz CT molecular complexity index is 616. The van der Waals surface area contributed by atoms with Gasteiger partial charge in [0, 0.05) is 26.2 Å². The molecule has 6 nitrogen and oxygen atoms in total. The molecular weight excluding hydrogens is 337 g/mol. The van der Waals surface area contributed by atoms with Crippen LogP contribution in [0.2, 0.25) is 0 Å². The van der Waals surface area contributed by atoms with Gasteiger partial charge in [0.05, 0.1) is 13.1 Å². The molecule has 1 rings (SSSR count). The van der Waals surface area contributed by atoms with Crippen LogP contribution in [-0.2, 0) is 11.3 Å². The molecule has 0 bridgehead atoms. The predicted octanol–water partition coefficient (Wildman–Crippen LogP) is 1.89. The first kappa shape index (κ1) is 20.3. The average Bonchev–Trinajstić information content (AvgIpc) is 2.53. The number of hydrogen-bond donors (Lipinski definition) is 2. The second-order valence-corrected chi connectivity index (χ2v) is 5.13. The standard InChI is InChI=1S/C16H21F3N4O2/c1-4-9-20-15(22-11-14(24)23(2)3)21-10-12-7-5-6-8-13(12)25-16(17,18)19/h4-8H,1,9-11H2,2-3H3,(H2,20,21,22). The highest BCUT2D eigenvalue weighted by Crippen LogP contribution is 2.26. The SMILES string of the molecule is C=CCNC(=NCc1ccccc1OC(F)(F)F)NCC(=O)N(C)C. The number of benzene rings is 1. The smallest absolute Gasteiger partial charge is 0.405 e. The van der Waals surface area contributed by atoms with Crippen LogP contribution in [0.25, 0.3) is 0 Å². The first-order valence-corrected chi connectivity index (χ1v) is 7.40. The molecule has 0 heterocycles. The Labute approximate surface area is 144 Å². The number of carbonyl (C=O) groups excluding carboxylic acids is 1. The maximum Gasteiger partial charge on any atom is 0.573 e. The third-order valence-electron chi connectivity index (χ3n) is 2.93. The molecule has 0 spiro atoms. The van der Waals surface area contributed by atoms with Crippen molar-refractivity contribution in [2.75, 3.05) is 27.2 Å². The van der Waals surface area contributed by atoms with Crippen LogP contribution in [0.15, 0.2) is 41.9 Å². The Hall–Kier alpha value is -2.71. The molecule has 0 aliphatic carbocycles. The van der Waals surface area contributed by atoms with Gasteiger partial charge < -0.3 is 20.3 Å². The van der Waals surface area contributed by atoms with Gasteiger partial charge >= 0.3 is 6.36 Å². The van der Waals surface area contributed by atoms with E-state index in [0.717, 1.165) is 0 Å². The molecule has 1 aromatic rings. The first-order valence-electron chi connectivity index (χ1n) is 7.40. The van der Waals surface area contributed by atoms with Gasteiger partial charge in [0.25, 0.3) is 0 Å². The van der Waals surface area contributed by atoms with Crippen LogP contribution in [0, 0.1) is 0 Å². The summed E-state index contributed by atoms with van der Waals surface area (Å²) < 4.78 is 41.3. The predicted molar refractivity (Wildman–Crippen MR) is 89.2 cm³/mol. The molecule has 0 aromatic heterocycles.